The molecule has 0 spiro atoms. The number of hydrogen-bond donors (Lipinski definition) is 1. The van der Waals surface area contributed by atoms with Crippen LogP contribution in [0.4, 0.5) is 0 Å². The normalized spacial score (nSPS) is 15.1. The number of nitrogens with zero attached hydrogens (tertiary/aromatic N) is 5. The third-order valence-corrected chi connectivity index (χ3v) is 4.48. The lowest BCUT2D eigenvalue weighted by atomic mass is 10.5. The number of thioether (sulfide) groups is 1. The molecule has 0 amide bonds. The fourth-order valence-electron chi connectivity index (χ4n) is 1.93. The molecular weight excluding hydrogens is 284 g/mol. The highest BCUT2D eigenvalue weighted by Crippen LogP contribution is 2.39. The first-order valence-electron chi connectivity index (χ1n) is 6.13. The Balaban J connectivity index is 1.76. The van der Waals surface area contributed by atoms with Gasteiger partial charge in [-0.15, -0.1) is 10.2 Å². The predicted octanol–water partition coefficient (Wildman–Crippen LogP) is 1.75. The summed E-state index contributed by atoms with van der Waals surface area (Å²) >= 11 is 7.59. The first-order chi connectivity index (χ1) is 9.20. The lowest BCUT2D eigenvalue weighted by molar-refractivity contribution is 0.626. The second-order valence-corrected chi connectivity index (χ2v) is 5.88. The highest BCUT2D eigenvalue weighted by atomic mass is 35.5. The van der Waals surface area contributed by atoms with Crippen molar-refractivity contribution < 1.29 is 0 Å². The molecular formula is C11H15ClN6S. The van der Waals surface area contributed by atoms with E-state index in [0.717, 1.165) is 22.6 Å². The van der Waals surface area contributed by atoms with Crippen LogP contribution >= 0.6 is 23.4 Å². The quantitative estimate of drug-likeness (QED) is 0.851. The van der Waals surface area contributed by atoms with E-state index < -0.39 is 0 Å². The van der Waals surface area contributed by atoms with Gasteiger partial charge in [-0.05, 0) is 12.8 Å². The highest BCUT2D eigenvalue weighted by molar-refractivity contribution is 7.98. The number of nitrogens with two attached hydrogens (primary N) is 1. The van der Waals surface area contributed by atoms with Crippen LogP contribution in [-0.2, 0) is 19.3 Å². The summed E-state index contributed by atoms with van der Waals surface area (Å²) in [4.78, 5) is 4.28. The van der Waals surface area contributed by atoms with Gasteiger partial charge in [0, 0.05) is 13.1 Å². The smallest absolute Gasteiger partial charge is 0.191 e. The summed E-state index contributed by atoms with van der Waals surface area (Å²) in [5.41, 5.74) is 5.70. The van der Waals surface area contributed by atoms with Gasteiger partial charge in [-0.2, -0.15) is 0 Å². The summed E-state index contributed by atoms with van der Waals surface area (Å²) in [6.45, 7) is 0.429. The fourth-order valence-corrected chi connectivity index (χ4v) is 3.10. The van der Waals surface area contributed by atoms with Crippen LogP contribution < -0.4 is 5.73 Å². The Labute approximate surface area is 120 Å². The molecule has 2 N–H and O–H groups in total. The van der Waals surface area contributed by atoms with E-state index in [9.17, 15) is 0 Å². The lowest BCUT2D eigenvalue weighted by Crippen LogP contribution is -2.08. The van der Waals surface area contributed by atoms with Crippen molar-refractivity contribution in [1.29, 1.82) is 0 Å². The fraction of sp³-hybridized carbons (Fsp3) is 0.545. The Morgan fingerprint density at radius 1 is 1.42 bits per heavy atom. The molecule has 2 aromatic heterocycles. The first-order valence-corrected chi connectivity index (χ1v) is 7.49. The molecule has 19 heavy (non-hydrogen) atoms. The third-order valence-electron chi connectivity index (χ3n) is 3.19. The molecule has 2 aromatic rings. The maximum absolute atomic E-state index is 5.97. The SMILES string of the molecule is Cn1c(Cl)cnc1CSc1nnc(CN)n1C1CC1. The van der Waals surface area contributed by atoms with Crippen LogP contribution in [-0.4, -0.2) is 24.3 Å². The van der Waals surface area contributed by atoms with Gasteiger partial charge < -0.3 is 14.9 Å². The van der Waals surface area contributed by atoms with Gasteiger partial charge in [0.1, 0.15) is 16.8 Å². The van der Waals surface area contributed by atoms with Crippen LogP contribution in [0.5, 0.6) is 0 Å². The van der Waals surface area contributed by atoms with Crippen molar-refractivity contribution in [3.8, 4) is 0 Å². The van der Waals surface area contributed by atoms with Gasteiger partial charge >= 0.3 is 0 Å². The van der Waals surface area contributed by atoms with Gasteiger partial charge in [0.2, 0.25) is 0 Å². The zero-order chi connectivity index (χ0) is 13.4. The second-order valence-electron chi connectivity index (χ2n) is 4.55. The molecule has 0 aromatic carbocycles. The lowest BCUT2D eigenvalue weighted by Gasteiger charge is -2.07. The minimum atomic E-state index is 0.429. The van der Waals surface area contributed by atoms with Crippen molar-refractivity contribution in [2.75, 3.05) is 0 Å². The van der Waals surface area contributed by atoms with E-state index in [2.05, 4.69) is 19.7 Å². The van der Waals surface area contributed by atoms with Crippen LogP contribution in [0, 0.1) is 0 Å². The summed E-state index contributed by atoms with van der Waals surface area (Å²) < 4.78 is 4.03. The topological polar surface area (TPSA) is 74.6 Å². The molecule has 0 aliphatic heterocycles. The standard InChI is InChI=1S/C11H15ClN6S/c1-17-8(12)5-14-10(17)6-19-11-16-15-9(4-13)18(11)7-2-3-7/h5,7H,2-4,6,13H2,1H3. The zero-order valence-electron chi connectivity index (χ0n) is 10.6. The van der Waals surface area contributed by atoms with E-state index in [1.54, 1.807) is 18.0 Å². The number of rotatable bonds is 5. The van der Waals surface area contributed by atoms with Gasteiger partial charge in [0.25, 0.3) is 0 Å². The van der Waals surface area contributed by atoms with Gasteiger partial charge in [-0.3, -0.25) is 0 Å². The van der Waals surface area contributed by atoms with E-state index in [4.69, 9.17) is 17.3 Å². The van der Waals surface area contributed by atoms with Gasteiger partial charge in [-0.1, -0.05) is 23.4 Å². The molecule has 1 fully saturated rings. The third kappa shape index (κ3) is 2.50. The highest BCUT2D eigenvalue weighted by Gasteiger charge is 2.29. The van der Waals surface area contributed by atoms with Crippen molar-refractivity contribution in [3.63, 3.8) is 0 Å². The Hall–Kier alpha value is -1.05. The summed E-state index contributed by atoms with van der Waals surface area (Å²) in [7, 11) is 1.90. The van der Waals surface area contributed by atoms with Crippen molar-refractivity contribution in [1.82, 2.24) is 24.3 Å². The maximum Gasteiger partial charge on any atom is 0.191 e. The van der Waals surface area contributed by atoms with Crippen LogP contribution in [0.1, 0.15) is 30.5 Å². The number of halogens is 1. The zero-order valence-corrected chi connectivity index (χ0v) is 12.2. The molecule has 1 saturated carbocycles. The first kappa shape index (κ1) is 13.0. The van der Waals surface area contributed by atoms with Crippen molar-refractivity contribution in [2.45, 2.75) is 36.3 Å². The molecule has 6 nitrogen and oxygen atoms in total. The molecule has 1 aliphatic carbocycles. The molecule has 2 heterocycles. The molecule has 3 rings (SSSR count). The number of hydrogen-bond acceptors (Lipinski definition) is 5. The van der Waals surface area contributed by atoms with Crippen LogP contribution in [0.2, 0.25) is 5.15 Å². The largest absolute Gasteiger partial charge is 0.324 e. The maximum atomic E-state index is 5.97. The van der Waals surface area contributed by atoms with Gasteiger partial charge in [0.05, 0.1) is 18.5 Å². The molecule has 8 heteroatoms. The number of imidazole rings is 1. The predicted molar refractivity (Wildman–Crippen MR) is 74.0 cm³/mol. The van der Waals surface area contributed by atoms with Crippen LogP contribution in [0.3, 0.4) is 0 Å². The summed E-state index contributed by atoms with van der Waals surface area (Å²) in [6, 6.07) is 0.529. The summed E-state index contributed by atoms with van der Waals surface area (Å²) in [6.07, 6.45) is 4.04. The Kier molecular flexibility index (Phi) is 3.51. The average Bonchev–Trinajstić information content (AvgIpc) is 3.10. The molecule has 0 bridgehead atoms. The van der Waals surface area contributed by atoms with E-state index in [0.29, 0.717) is 17.7 Å². The molecule has 0 unspecified atom stereocenters. The van der Waals surface area contributed by atoms with Crippen molar-refractivity contribution in [2.24, 2.45) is 12.8 Å². The van der Waals surface area contributed by atoms with Crippen molar-refractivity contribution >= 4 is 23.4 Å². The monoisotopic (exact) mass is 298 g/mol. The average molecular weight is 299 g/mol. The summed E-state index contributed by atoms with van der Waals surface area (Å²) in [5.74, 6) is 2.51. The molecule has 0 radical (unpaired) electrons. The van der Waals surface area contributed by atoms with Gasteiger partial charge in [-0.25, -0.2) is 4.98 Å². The van der Waals surface area contributed by atoms with Crippen LogP contribution in [0.15, 0.2) is 11.4 Å². The Morgan fingerprint density at radius 2 is 2.21 bits per heavy atom. The molecule has 0 atom stereocenters. The van der Waals surface area contributed by atoms with E-state index in [-0.39, 0.29) is 0 Å². The number of aromatic nitrogens is 5. The second kappa shape index (κ2) is 5.15. The Bertz CT molecular complexity index is 588. The minimum Gasteiger partial charge on any atom is -0.324 e. The molecule has 102 valence electrons. The van der Waals surface area contributed by atoms with Crippen molar-refractivity contribution in [3.05, 3.63) is 23.0 Å². The van der Waals surface area contributed by atoms with E-state index in [1.807, 2.05) is 11.6 Å². The molecule has 1 aliphatic rings. The van der Waals surface area contributed by atoms with Gasteiger partial charge in [0.15, 0.2) is 5.16 Å². The Morgan fingerprint density at radius 3 is 2.79 bits per heavy atom. The van der Waals surface area contributed by atoms with Crippen LogP contribution in [0.25, 0.3) is 0 Å². The summed E-state index contributed by atoms with van der Waals surface area (Å²) in [5, 5.41) is 9.93. The minimum absolute atomic E-state index is 0.429. The van der Waals surface area contributed by atoms with E-state index in [1.165, 1.54) is 12.8 Å². The molecule has 0 saturated heterocycles. The van der Waals surface area contributed by atoms with E-state index >= 15 is 0 Å².